The summed E-state index contributed by atoms with van der Waals surface area (Å²) in [7, 11) is 0. The Hall–Kier alpha value is -0.990. The summed E-state index contributed by atoms with van der Waals surface area (Å²) in [6.45, 7) is 10.4. The van der Waals surface area contributed by atoms with E-state index in [1.165, 1.54) is 19.3 Å². The number of aryl methyl sites for hydroxylation is 3. The van der Waals surface area contributed by atoms with E-state index >= 15 is 0 Å². The molecule has 1 aromatic rings. The molecule has 1 aromatic heterocycles. The van der Waals surface area contributed by atoms with Crippen molar-refractivity contribution in [3.63, 3.8) is 0 Å². The molecular formula is C13H25N3. The van der Waals surface area contributed by atoms with Gasteiger partial charge in [-0.15, -0.1) is 0 Å². The Labute approximate surface area is 99.7 Å². The monoisotopic (exact) mass is 223 g/mol. The molecule has 0 fully saturated rings. The van der Waals surface area contributed by atoms with Crippen LogP contribution >= 0.6 is 0 Å². The highest BCUT2D eigenvalue weighted by Crippen LogP contribution is 1.96. The highest BCUT2D eigenvalue weighted by molar-refractivity contribution is 4.95. The van der Waals surface area contributed by atoms with Crippen molar-refractivity contribution in [2.24, 2.45) is 0 Å². The molecule has 3 heteroatoms. The maximum Gasteiger partial charge on any atom is 0.132 e. The van der Waals surface area contributed by atoms with E-state index in [0.29, 0.717) is 0 Å². The van der Waals surface area contributed by atoms with Gasteiger partial charge in [-0.2, -0.15) is 0 Å². The Bertz CT molecular complexity index is 260. The summed E-state index contributed by atoms with van der Waals surface area (Å²) in [6, 6.07) is 0. The fourth-order valence-corrected chi connectivity index (χ4v) is 1.27. The highest BCUT2D eigenvalue weighted by Gasteiger charge is 1.98. The minimum absolute atomic E-state index is 0.828. The van der Waals surface area contributed by atoms with Crippen LogP contribution in [0.4, 0.5) is 0 Å². The maximum absolute atomic E-state index is 4.25. The Morgan fingerprint density at radius 3 is 1.44 bits per heavy atom. The van der Waals surface area contributed by atoms with Gasteiger partial charge in [0.15, 0.2) is 0 Å². The predicted octanol–water partition coefficient (Wildman–Crippen LogP) is 3.50. The summed E-state index contributed by atoms with van der Waals surface area (Å²) >= 11 is 0. The van der Waals surface area contributed by atoms with Crippen molar-refractivity contribution in [2.45, 2.75) is 66.7 Å². The van der Waals surface area contributed by atoms with Gasteiger partial charge >= 0.3 is 0 Å². The van der Waals surface area contributed by atoms with Crippen LogP contribution in [0.5, 0.6) is 0 Å². The Balaban J connectivity index is 0.000000385. The minimum Gasteiger partial charge on any atom is -0.218 e. The molecule has 0 aliphatic heterocycles. The van der Waals surface area contributed by atoms with Gasteiger partial charge in [0, 0.05) is 12.8 Å². The van der Waals surface area contributed by atoms with E-state index in [0.717, 1.165) is 30.3 Å². The van der Waals surface area contributed by atoms with E-state index in [-0.39, 0.29) is 0 Å². The minimum atomic E-state index is 0.828. The van der Waals surface area contributed by atoms with E-state index in [9.17, 15) is 0 Å². The van der Waals surface area contributed by atoms with Gasteiger partial charge in [-0.25, -0.2) is 15.0 Å². The van der Waals surface area contributed by atoms with Crippen LogP contribution in [0.25, 0.3) is 0 Å². The molecule has 92 valence electrons. The number of nitrogens with zero attached hydrogens (tertiary/aromatic N) is 3. The standard InChI is InChI=1S/C8H13N3.C5H12/c1-4-7-9-6(3)10-8(5-2)11-7;1-3-5-4-2/h4-5H2,1-3H3;3-5H2,1-2H3. The summed E-state index contributed by atoms with van der Waals surface area (Å²) in [6.07, 6.45) is 5.85. The van der Waals surface area contributed by atoms with E-state index in [2.05, 4.69) is 28.8 Å². The molecule has 0 spiro atoms. The zero-order valence-electron chi connectivity index (χ0n) is 11.4. The first-order valence-corrected chi connectivity index (χ1v) is 6.38. The Morgan fingerprint density at radius 2 is 1.19 bits per heavy atom. The van der Waals surface area contributed by atoms with Crippen LogP contribution in [0.3, 0.4) is 0 Å². The first-order chi connectivity index (χ1) is 7.67. The van der Waals surface area contributed by atoms with Crippen LogP contribution in [0, 0.1) is 6.92 Å². The number of unbranched alkanes of at least 4 members (excludes halogenated alkanes) is 2. The molecule has 0 saturated heterocycles. The second-order valence-corrected chi connectivity index (χ2v) is 3.78. The van der Waals surface area contributed by atoms with Crippen molar-refractivity contribution < 1.29 is 0 Å². The fourth-order valence-electron chi connectivity index (χ4n) is 1.27. The lowest BCUT2D eigenvalue weighted by atomic mass is 10.3. The number of aromatic nitrogens is 3. The van der Waals surface area contributed by atoms with Gasteiger partial charge in [0.2, 0.25) is 0 Å². The van der Waals surface area contributed by atoms with Gasteiger partial charge in [0.25, 0.3) is 0 Å². The third kappa shape index (κ3) is 6.49. The fraction of sp³-hybridized carbons (Fsp3) is 0.769. The summed E-state index contributed by atoms with van der Waals surface area (Å²) in [5.74, 6) is 2.62. The molecule has 3 nitrogen and oxygen atoms in total. The van der Waals surface area contributed by atoms with Gasteiger partial charge in [-0.1, -0.05) is 47.0 Å². The average molecular weight is 223 g/mol. The molecule has 0 saturated carbocycles. The van der Waals surface area contributed by atoms with Crippen molar-refractivity contribution in [3.05, 3.63) is 17.5 Å². The van der Waals surface area contributed by atoms with Crippen molar-refractivity contribution in [3.8, 4) is 0 Å². The highest BCUT2D eigenvalue weighted by atomic mass is 15.0. The van der Waals surface area contributed by atoms with Crippen LogP contribution in [-0.2, 0) is 12.8 Å². The molecule has 0 radical (unpaired) electrons. The lowest BCUT2D eigenvalue weighted by Gasteiger charge is -1.99. The lowest BCUT2D eigenvalue weighted by molar-refractivity contribution is 0.772. The topological polar surface area (TPSA) is 38.7 Å². The maximum atomic E-state index is 4.25. The van der Waals surface area contributed by atoms with Gasteiger partial charge < -0.3 is 0 Å². The number of hydrogen-bond acceptors (Lipinski definition) is 3. The molecule has 0 aromatic carbocycles. The third-order valence-corrected chi connectivity index (χ3v) is 2.18. The van der Waals surface area contributed by atoms with E-state index in [1.807, 2.05) is 20.8 Å². The van der Waals surface area contributed by atoms with Gasteiger partial charge in [0.05, 0.1) is 0 Å². The summed E-state index contributed by atoms with van der Waals surface area (Å²) in [5, 5.41) is 0. The molecule has 0 atom stereocenters. The molecule has 0 unspecified atom stereocenters. The quantitative estimate of drug-likeness (QED) is 0.784. The van der Waals surface area contributed by atoms with Crippen LogP contribution in [0.15, 0.2) is 0 Å². The van der Waals surface area contributed by atoms with Crippen molar-refractivity contribution in [2.75, 3.05) is 0 Å². The first kappa shape index (κ1) is 15.0. The van der Waals surface area contributed by atoms with Crippen molar-refractivity contribution in [1.29, 1.82) is 0 Å². The van der Waals surface area contributed by atoms with Gasteiger partial charge in [-0.05, 0) is 6.92 Å². The number of hydrogen-bond donors (Lipinski definition) is 0. The van der Waals surface area contributed by atoms with E-state index < -0.39 is 0 Å². The molecule has 1 heterocycles. The normalized spacial score (nSPS) is 9.56. The van der Waals surface area contributed by atoms with Crippen LogP contribution in [0.1, 0.15) is 64.4 Å². The third-order valence-electron chi connectivity index (χ3n) is 2.18. The average Bonchev–Trinajstić information content (AvgIpc) is 2.30. The SMILES string of the molecule is CCCCC.CCc1nc(C)nc(CC)n1. The Morgan fingerprint density at radius 1 is 0.750 bits per heavy atom. The second-order valence-electron chi connectivity index (χ2n) is 3.78. The van der Waals surface area contributed by atoms with Crippen molar-refractivity contribution in [1.82, 2.24) is 15.0 Å². The zero-order valence-corrected chi connectivity index (χ0v) is 11.4. The van der Waals surface area contributed by atoms with Gasteiger partial charge in [-0.3, -0.25) is 0 Å². The van der Waals surface area contributed by atoms with E-state index in [1.54, 1.807) is 0 Å². The molecule has 16 heavy (non-hydrogen) atoms. The Kier molecular flexibility index (Phi) is 8.68. The van der Waals surface area contributed by atoms with Crippen LogP contribution < -0.4 is 0 Å². The molecule has 1 rings (SSSR count). The predicted molar refractivity (Wildman–Crippen MR) is 68.5 cm³/mol. The summed E-state index contributed by atoms with van der Waals surface area (Å²) in [4.78, 5) is 12.6. The molecule has 0 amide bonds. The molecule has 0 bridgehead atoms. The molecule has 0 N–H and O–H groups in total. The largest absolute Gasteiger partial charge is 0.218 e. The van der Waals surface area contributed by atoms with E-state index in [4.69, 9.17) is 0 Å². The van der Waals surface area contributed by atoms with Crippen LogP contribution in [-0.4, -0.2) is 15.0 Å². The number of rotatable bonds is 4. The summed E-state index contributed by atoms with van der Waals surface area (Å²) in [5.41, 5.74) is 0. The molecule has 0 aliphatic rings. The summed E-state index contributed by atoms with van der Waals surface area (Å²) < 4.78 is 0. The zero-order chi connectivity index (χ0) is 12.4. The first-order valence-electron chi connectivity index (χ1n) is 6.38. The lowest BCUT2D eigenvalue weighted by Crippen LogP contribution is -2.03. The van der Waals surface area contributed by atoms with Crippen molar-refractivity contribution >= 4 is 0 Å². The smallest absolute Gasteiger partial charge is 0.132 e. The van der Waals surface area contributed by atoms with Gasteiger partial charge in [0.1, 0.15) is 17.5 Å². The second kappa shape index (κ2) is 9.25. The van der Waals surface area contributed by atoms with Crippen LogP contribution in [0.2, 0.25) is 0 Å². The molecular weight excluding hydrogens is 198 g/mol. The molecule has 0 aliphatic carbocycles.